The second kappa shape index (κ2) is 13.7. The molecule has 3 rings (SSSR count). The molecule has 0 spiro atoms. The molecule has 0 saturated carbocycles. The van der Waals surface area contributed by atoms with Crippen molar-refractivity contribution in [1.29, 1.82) is 0 Å². The molecule has 10 heteroatoms. The number of carbonyl (C=O) groups excluding carboxylic acids is 1. The Morgan fingerprint density at radius 2 is 1.92 bits per heavy atom. The topological polar surface area (TPSA) is 110 Å². The highest BCUT2D eigenvalue weighted by Gasteiger charge is 2.24. The summed E-state index contributed by atoms with van der Waals surface area (Å²) in [5.74, 6) is -0.690. The molecule has 0 unspecified atom stereocenters. The van der Waals surface area contributed by atoms with E-state index >= 15 is 0 Å². The van der Waals surface area contributed by atoms with Crippen molar-refractivity contribution in [3.63, 3.8) is 0 Å². The number of carbonyl (C=O) groups is 1. The second-order valence-corrected chi connectivity index (χ2v) is 11.8. The molecule has 39 heavy (non-hydrogen) atoms. The highest BCUT2D eigenvalue weighted by molar-refractivity contribution is 7.89. The van der Waals surface area contributed by atoms with Crippen molar-refractivity contribution in [2.24, 2.45) is 11.1 Å². The van der Waals surface area contributed by atoms with Crippen LogP contribution in [0.15, 0.2) is 52.5 Å². The first-order chi connectivity index (χ1) is 18.5. The van der Waals surface area contributed by atoms with Gasteiger partial charge in [-0.15, -0.1) is 0 Å². The molecular weight excluding hydrogens is 516 g/mol. The fourth-order valence-corrected chi connectivity index (χ4v) is 5.58. The van der Waals surface area contributed by atoms with Gasteiger partial charge in [0, 0.05) is 12.2 Å². The molecule has 3 atom stereocenters. The van der Waals surface area contributed by atoms with Crippen LogP contribution in [0.2, 0.25) is 0 Å². The minimum absolute atomic E-state index is 0.0914. The lowest BCUT2D eigenvalue weighted by Gasteiger charge is -2.32. The number of hydrogen-bond acceptors (Lipinski definition) is 8. The van der Waals surface area contributed by atoms with Gasteiger partial charge in [-0.05, 0) is 70.2 Å². The molecule has 1 aliphatic heterocycles. The maximum Gasteiger partial charge on any atom is 0.309 e. The summed E-state index contributed by atoms with van der Waals surface area (Å²) in [7, 11) is -2.50. The van der Waals surface area contributed by atoms with E-state index in [9.17, 15) is 13.2 Å². The first-order valence-corrected chi connectivity index (χ1v) is 14.7. The van der Waals surface area contributed by atoms with Crippen LogP contribution in [0.5, 0.6) is 0 Å². The molecule has 9 nitrogen and oxygen atoms in total. The number of methoxy groups -OCH3 is 1. The summed E-state index contributed by atoms with van der Waals surface area (Å²) in [4.78, 5) is 24.5. The molecule has 212 valence electrons. The Balaban J connectivity index is 1.71. The van der Waals surface area contributed by atoms with Crippen molar-refractivity contribution in [3.05, 3.63) is 65.0 Å². The Bertz CT molecular complexity index is 1290. The molecule has 1 aliphatic rings. The van der Waals surface area contributed by atoms with Crippen molar-refractivity contribution in [2.75, 3.05) is 25.1 Å². The van der Waals surface area contributed by atoms with Crippen LogP contribution in [0.25, 0.3) is 0 Å². The van der Waals surface area contributed by atoms with Gasteiger partial charge in [0.05, 0.1) is 48.6 Å². The number of anilines is 1. The van der Waals surface area contributed by atoms with Gasteiger partial charge in [0.1, 0.15) is 6.10 Å². The van der Waals surface area contributed by atoms with Gasteiger partial charge >= 0.3 is 5.97 Å². The SMILES string of the molecule is COC(=O)C/C=C\[C@@H](C)[C@@H](/C=N\O[C@@H](C)CN1CCCc2nc(C)c(C)cc21)NS(=O)(=O)c1ccc(C)cc1. The summed E-state index contributed by atoms with van der Waals surface area (Å²) in [5.41, 5.74) is 5.42. The van der Waals surface area contributed by atoms with Gasteiger partial charge in [-0.3, -0.25) is 9.78 Å². The predicted octanol–water partition coefficient (Wildman–Crippen LogP) is 4.25. The van der Waals surface area contributed by atoms with Crippen LogP contribution >= 0.6 is 0 Å². The van der Waals surface area contributed by atoms with Crippen LogP contribution in [-0.2, 0) is 30.8 Å². The standard InChI is InChI=1S/C29H40N4O5S/c1-20-12-14-25(15-13-20)39(35,36)32-27(21(2)9-7-11-29(34)37-6)18-30-38-23(4)19-33-16-8-10-26-28(33)17-22(3)24(5)31-26/h7,9,12-15,17-18,21,23,27,32H,8,10-11,16,19H2,1-6H3/b9-7-,30-18-/t21-,23+,27-/m1/s1. The van der Waals surface area contributed by atoms with Crippen molar-refractivity contribution in [1.82, 2.24) is 9.71 Å². The number of benzene rings is 1. The van der Waals surface area contributed by atoms with Gasteiger partial charge in [0.2, 0.25) is 10.0 Å². The van der Waals surface area contributed by atoms with E-state index in [1.54, 1.807) is 36.4 Å². The summed E-state index contributed by atoms with van der Waals surface area (Å²) in [5, 5.41) is 4.18. The van der Waals surface area contributed by atoms with Gasteiger partial charge in [-0.1, -0.05) is 41.9 Å². The van der Waals surface area contributed by atoms with Crippen LogP contribution in [0, 0.1) is 26.7 Å². The monoisotopic (exact) mass is 556 g/mol. The maximum atomic E-state index is 13.1. The first-order valence-electron chi connectivity index (χ1n) is 13.2. The third-order valence-electron chi connectivity index (χ3n) is 6.79. The van der Waals surface area contributed by atoms with E-state index < -0.39 is 16.1 Å². The number of pyridine rings is 1. The molecule has 0 fully saturated rings. The normalized spacial score (nSPS) is 16.2. The van der Waals surface area contributed by atoms with Gasteiger partial charge in [0.15, 0.2) is 0 Å². The third kappa shape index (κ3) is 8.63. The average molecular weight is 557 g/mol. The lowest BCUT2D eigenvalue weighted by molar-refractivity contribution is -0.139. The number of esters is 1. The van der Waals surface area contributed by atoms with E-state index in [4.69, 9.17) is 9.82 Å². The zero-order chi connectivity index (χ0) is 28.6. The Morgan fingerprint density at radius 1 is 1.21 bits per heavy atom. The molecule has 0 bridgehead atoms. The molecule has 1 N–H and O–H groups in total. The number of nitrogens with zero attached hydrogens (tertiary/aromatic N) is 3. The summed E-state index contributed by atoms with van der Waals surface area (Å²) >= 11 is 0. The van der Waals surface area contributed by atoms with Crippen molar-refractivity contribution < 1.29 is 22.8 Å². The highest BCUT2D eigenvalue weighted by Crippen LogP contribution is 2.28. The second-order valence-electron chi connectivity index (χ2n) is 10.1. The van der Waals surface area contributed by atoms with Gasteiger partial charge in [0.25, 0.3) is 0 Å². The predicted molar refractivity (Wildman–Crippen MR) is 154 cm³/mol. The van der Waals surface area contributed by atoms with E-state index in [0.717, 1.165) is 47.6 Å². The number of nitrogens with one attached hydrogen (secondary N) is 1. The summed E-state index contributed by atoms with van der Waals surface area (Å²) < 4.78 is 33.6. The summed E-state index contributed by atoms with van der Waals surface area (Å²) in [6.07, 6.45) is 6.72. The molecule has 0 saturated heterocycles. The fraction of sp³-hybridized carbons (Fsp3) is 0.483. The Morgan fingerprint density at radius 3 is 2.62 bits per heavy atom. The van der Waals surface area contributed by atoms with E-state index in [-0.39, 0.29) is 29.3 Å². The van der Waals surface area contributed by atoms with Crippen molar-refractivity contribution in [2.45, 2.75) is 70.9 Å². The summed E-state index contributed by atoms with van der Waals surface area (Å²) in [6, 6.07) is 8.11. The third-order valence-corrected chi connectivity index (χ3v) is 8.26. The quantitative estimate of drug-likeness (QED) is 0.180. The molecule has 0 amide bonds. The average Bonchev–Trinajstić information content (AvgIpc) is 2.89. The molecule has 2 aromatic rings. The number of aryl methyl sites for hydroxylation is 4. The number of hydrogen-bond donors (Lipinski definition) is 1. The highest BCUT2D eigenvalue weighted by atomic mass is 32.2. The Kier molecular flexibility index (Phi) is 10.7. The lowest BCUT2D eigenvalue weighted by atomic mass is 10.0. The van der Waals surface area contributed by atoms with Crippen LogP contribution in [0.3, 0.4) is 0 Å². The van der Waals surface area contributed by atoms with Crippen LogP contribution in [0.4, 0.5) is 5.69 Å². The van der Waals surface area contributed by atoms with E-state index in [2.05, 4.69) is 32.5 Å². The largest absolute Gasteiger partial charge is 0.469 e. The number of oxime groups is 1. The molecular formula is C29H40N4O5S. The van der Waals surface area contributed by atoms with E-state index in [1.807, 2.05) is 27.7 Å². The number of sulfonamides is 1. The van der Waals surface area contributed by atoms with Gasteiger partial charge < -0.3 is 14.5 Å². The first kappa shape index (κ1) is 30.3. The van der Waals surface area contributed by atoms with Crippen LogP contribution in [-0.4, -0.2) is 57.9 Å². The van der Waals surface area contributed by atoms with Crippen molar-refractivity contribution in [3.8, 4) is 0 Å². The molecule has 0 aliphatic carbocycles. The number of fused-ring (bicyclic) bond motifs is 1. The lowest BCUT2D eigenvalue weighted by Crippen LogP contribution is -2.40. The van der Waals surface area contributed by atoms with Crippen LogP contribution < -0.4 is 9.62 Å². The molecule has 1 aromatic heterocycles. The van der Waals surface area contributed by atoms with Gasteiger partial charge in [-0.25, -0.2) is 13.1 Å². The Labute approximate surface area is 232 Å². The zero-order valence-electron chi connectivity index (χ0n) is 23.7. The zero-order valence-corrected chi connectivity index (χ0v) is 24.5. The number of ether oxygens (including phenoxy) is 1. The molecule has 1 aromatic carbocycles. The number of aromatic nitrogens is 1. The molecule has 0 radical (unpaired) electrons. The minimum atomic E-state index is -3.82. The summed E-state index contributed by atoms with van der Waals surface area (Å²) in [6.45, 7) is 11.3. The van der Waals surface area contributed by atoms with Gasteiger partial charge in [-0.2, -0.15) is 0 Å². The Hall–Kier alpha value is -3.24. The van der Waals surface area contributed by atoms with E-state index in [0.29, 0.717) is 6.54 Å². The van der Waals surface area contributed by atoms with E-state index in [1.165, 1.54) is 13.3 Å². The number of rotatable bonds is 12. The minimum Gasteiger partial charge on any atom is -0.469 e. The fourth-order valence-electron chi connectivity index (χ4n) is 4.31. The maximum absolute atomic E-state index is 13.1. The molecule has 2 heterocycles. The van der Waals surface area contributed by atoms with Crippen LogP contribution in [0.1, 0.15) is 49.2 Å². The van der Waals surface area contributed by atoms with Crippen molar-refractivity contribution >= 4 is 27.9 Å². The smallest absolute Gasteiger partial charge is 0.309 e.